The van der Waals surface area contributed by atoms with Crippen molar-refractivity contribution >= 4 is 22.5 Å². The molecule has 1 unspecified atom stereocenters. The molecular formula is C23H26FN3O2. The van der Waals surface area contributed by atoms with Crippen molar-refractivity contribution in [3.05, 3.63) is 65.6 Å². The van der Waals surface area contributed by atoms with Gasteiger partial charge in [0.2, 0.25) is 0 Å². The van der Waals surface area contributed by atoms with Gasteiger partial charge in [-0.2, -0.15) is 0 Å². The molecule has 1 N–H and O–H groups in total. The number of carbonyl (C=O) groups is 1. The second kappa shape index (κ2) is 8.25. The molecule has 6 heteroatoms. The van der Waals surface area contributed by atoms with Crippen molar-refractivity contribution < 1.29 is 13.9 Å². The third-order valence-corrected chi connectivity index (χ3v) is 5.40. The van der Waals surface area contributed by atoms with Crippen LogP contribution in [0.4, 0.5) is 10.1 Å². The van der Waals surface area contributed by atoms with Crippen LogP contribution in [0.2, 0.25) is 0 Å². The summed E-state index contributed by atoms with van der Waals surface area (Å²) in [5.74, 6) is -0.476. The van der Waals surface area contributed by atoms with Crippen LogP contribution < -0.4 is 4.90 Å². The fraction of sp³-hybridized carbons (Fsp3) is 0.348. The van der Waals surface area contributed by atoms with Crippen molar-refractivity contribution in [2.75, 3.05) is 32.1 Å². The molecule has 152 valence electrons. The SMILES string of the molecule is CN(C)c1ccc(CN(CC2CCCO2)C(=O)c2cc3c(F)cccc3[nH]2)cc1. The third-order valence-electron chi connectivity index (χ3n) is 5.40. The van der Waals surface area contributed by atoms with Crippen LogP contribution in [0, 0.1) is 5.82 Å². The number of benzene rings is 2. The van der Waals surface area contributed by atoms with Crippen LogP contribution in [0.3, 0.4) is 0 Å². The fourth-order valence-corrected chi connectivity index (χ4v) is 3.78. The summed E-state index contributed by atoms with van der Waals surface area (Å²) in [5.41, 5.74) is 3.18. The summed E-state index contributed by atoms with van der Waals surface area (Å²) in [6, 6.07) is 14.6. The molecule has 2 aromatic carbocycles. The number of anilines is 1. The average molecular weight is 395 g/mol. The molecule has 0 spiro atoms. The number of H-pyrrole nitrogens is 1. The first-order valence-corrected chi connectivity index (χ1v) is 9.95. The smallest absolute Gasteiger partial charge is 0.270 e. The predicted octanol–water partition coefficient (Wildman–Crippen LogP) is 4.19. The van der Waals surface area contributed by atoms with Crippen LogP contribution in [0.5, 0.6) is 0 Å². The minimum absolute atomic E-state index is 0.0427. The number of nitrogens with one attached hydrogen (secondary N) is 1. The normalized spacial score (nSPS) is 16.3. The van der Waals surface area contributed by atoms with Crippen molar-refractivity contribution in [3.63, 3.8) is 0 Å². The van der Waals surface area contributed by atoms with E-state index in [-0.39, 0.29) is 17.8 Å². The quantitative estimate of drug-likeness (QED) is 0.681. The number of ether oxygens (including phenoxy) is 1. The van der Waals surface area contributed by atoms with E-state index in [1.165, 1.54) is 6.07 Å². The van der Waals surface area contributed by atoms with Gasteiger partial charge in [-0.25, -0.2) is 4.39 Å². The van der Waals surface area contributed by atoms with Gasteiger partial charge >= 0.3 is 0 Å². The second-order valence-electron chi connectivity index (χ2n) is 7.77. The Kier molecular flexibility index (Phi) is 5.53. The maximum Gasteiger partial charge on any atom is 0.270 e. The summed E-state index contributed by atoms with van der Waals surface area (Å²) < 4.78 is 19.8. The third kappa shape index (κ3) is 4.27. The van der Waals surface area contributed by atoms with Crippen LogP contribution in [-0.4, -0.2) is 49.1 Å². The first-order valence-electron chi connectivity index (χ1n) is 9.95. The summed E-state index contributed by atoms with van der Waals surface area (Å²) in [6.07, 6.45) is 2.01. The molecule has 1 aliphatic heterocycles. The van der Waals surface area contributed by atoms with Crippen molar-refractivity contribution in [2.24, 2.45) is 0 Å². The number of carbonyl (C=O) groups excluding carboxylic acids is 1. The van der Waals surface area contributed by atoms with Crippen molar-refractivity contribution in [1.82, 2.24) is 9.88 Å². The number of rotatable bonds is 6. The van der Waals surface area contributed by atoms with E-state index in [9.17, 15) is 9.18 Å². The second-order valence-corrected chi connectivity index (χ2v) is 7.77. The van der Waals surface area contributed by atoms with Gasteiger partial charge < -0.3 is 19.5 Å². The molecule has 1 amide bonds. The Morgan fingerprint density at radius 3 is 2.66 bits per heavy atom. The van der Waals surface area contributed by atoms with Crippen LogP contribution in [0.15, 0.2) is 48.5 Å². The molecule has 0 bridgehead atoms. The molecule has 1 aromatic heterocycles. The zero-order chi connectivity index (χ0) is 20.4. The lowest BCUT2D eigenvalue weighted by Gasteiger charge is -2.25. The van der Waals surface area contributed by atoms with Gasteiger partial charge in [0, 0.05) is 50.4 Å². The number of aromatic amines is 1. The Labute approximate surface area is 170 Å². The monoisotopic (exact) mass is 395 g/mol. The van der Waals surface area contributed by atoms with Gasteiger partial charge in [0.05, 0.1) is 6.10 Å². The number of fused-ring (bicyclic) bond motifs is 1. The summed E-state index contributed by atoms with van der Waals surface area (Å²) in [4.78, 5) is 20.2. The minimum Gasteiger partial charge on any atom is -0.378 e. The van der Waals surface area contributed by atoms with Crippen LogP contribution in [0.1, 0.15) is 28.9 Å². The maximum atomic E-state index is 14.1. The van der Waals surface area contributed by atoms with Crippen molar-refractivity contribution in [3.8, 4) is 0 Å². The number of hydrogen-bond acceptors (Lipinski definition) is 3. The summed E-state index contributed by atoms with van der Waals surface area (Å²) >= 11 is 0. The molecule has 1 atom stereocenters. The lowest BCUT2D eigenvalue weighted by molar-refractivity contribution is 0.0503. The first-order chi connectivity index (χ1) is 14.0. The van der Waals surface area contributed by atoms with E-state index in [1.54, 1.807) is 23.1 Å². The molecule has 0 radical (unpaired) electrons. The Hall–Kier alpha value is -2.86. The van der Waals surface area contributed by atoms with E-state index in [0.29, 0.717) is 29.7 Å². The molecule has 4 rings (SSSR count). The largest absolute Gasteiger partial charge is 0.378 e. The van der Waals surface area contributed by atoms with Crippen LogP contribution >= 0.6 is 0 Å². The van der Waals surface area contributed by atoms with Crippen molar-refractivity contribution in [1.29, 1.82) is 0 Å². The Balaban J connectivity index is 1.59. The highest BCUT2D eigenvalue weighted by Gasteiger charge is 2.25. The van der Waals surface area contributed by atoms with Gasteiger partial charge in [-0.1, -0.05) is 18.2 Å². The van der Waals surface area contributed by atoms with E-state index >= 15 is 0 Å². The molecule has 2 heterocycles. The average Bonchev–Trinajstić information content (AvgIpc) is 3.37. The Bertz CT molecular complexity index is 991. The predicted molar refractivity (Wildman–Crippen MR) is 113 cm³/mol. The van der Waals surface area contributed by atoms with Gasteiger partial charge in [0.25, 0.3) is 5.91 Å². The highest BCUT2D eigenvalue weighted by molar-refractivity contribution is 5.98. The summed E-state index contributed by atoms with van der Waals surface area (Å²) in [6.45, 7) is 1.73. The van der Waals surface area contributed by atoms with Gasteiger partial charge in [-0.15, -0.1) is 0 Å². The van der Waals surface area contributed by atoms with Crippen LogP contribution in [0.25, 0.3) is 10.9 Å². The van der Waals surface area contributed by atoms with Crippen molar-refractivity contribution in [2.45, 2.75) is 25.5 Å². The van der Waals surface area contributed by atoms with E-state index in [0.717, 1.165) is 30.7 Å². The van der Waals surface area contributed by atoms with E-state index in [2.05, 4.69) is 4.98 Å². The molecular weight excluding hydrogens is 369 g/mol. The molecule has 29 heavy (non-hydrogen) atoms. The number of aromatic nitrogens is 1. The summed E-state index contributed by atoms with van der Waals surface area (Å²) in [5, 5.41) is 0.434. The molecule has 0 saturated carbocycles. The molecule has 1 saturated heterocycles. The van der Waals surface area contributed by atoms with Crippen LogP contribution in [-0.2, 0) is 11.3 Å². The standard InChI is InChI=1S/C23H26FN3O2/c1-26(2)17-10-8-16(9-11-17)14-27(15-18-5-4-12-29-18)23(28)22-13-19-20(24)6-3-7-21(19)25-22/h3,6-11,13,18,25H,4-5,12,14-15H2,1-2H3. The first kappa shape index (κ1) is 19.5. The highest BCUT2D eigenvalue weighted by Crippen LogP contribution is 2.22. The zero-order valence-corrected chi connectivity index (χ0v) is 16.8. The van der Waals surface area contributed by atoms with E-state index < -0.39 is 0 Å². The zero-order valence-electron chi connectivity index (χ0n) is 16.8. The maximum absolute atomic E-state index is 14.1. The Morgan fingerprint density at radius 2 is 2.00 bits per heavy atom. The van der Waals surface area contributed by atoms with E-state index in [4.69, 9.17) is 4.74 Å². The topological polar surface area (TPSA) is 48.6 Å². The highest BCUT2D eigenvalue weighted by atomic mass is 19.1. The Morgan fingerprint density at radius 1 is 1.21 bits per heavy atom. The molecule has 1 aliphatic rings. The minimum atomic E-state index is -0.331. The van der Waals surface area contributed by atoms with Gasteiger partial charge in [-0.05, 0) is 48.7 Å². The molecule has 5 nitrogen and oxygen atoms in total. The van der Waals surface area contributed by atoms with Gasteiger partial charge in [-0.3, -0.25) is 4.79 Å². The lowest BCUT2D eigenvalue weighted by Crippen LogP contribution is -2.37. The molecule has 0 aliphatic carbocycles. The van der Waals surface area contributed by atoms with Gasteiger partial charge in [0.15, 0.2) is 0 Å². The number of halogens is 1. The fourth-order valence-electron chi connectivity index (χ4n) is 3.78. The number of nitrogens with zero attached hydrogens (tertiary/aromatic N) is 2. The summed E-state index contributed by atoms with van der Waals surface area (Å²) in [7, 11) is 3.99. The number of hydrogen-bond donors (Lipinski definition) is 1. The molecule has 1 fully saturated rings. The molecule has 3 aromatic rings. The van der Waals surface area contributed by atoms with Gasteiger partial charge in [0.1, 0.15) is 11.5 Å². The lowest BCUT2D eigenvalue weighted by atomic mass is 10.1. The number of amides is 1. The van der Waals surface area contributed by atoms with E-state index in [1.807, 2.05) is 43.3 Å².